The number of hydrogen-bond acceptors (Lipinski definition) is 4. The van der Waals surface area contributed by atoms with Crippen molar-refractivity contribution in [2.45, 2.75) is 194 Å². The van der Waals surface area contributed by atoms with Gasteiger partial charge in [-0.3, -0.25) is 0 Å². The molecule has 0 saturated carbocycles. The van der Waals surface area contributed by atoms with Crippen LogP contribution in [0.15, 0.2) is 12.1 Å². The van der Waals surface area contributed by atoms with E-state index in [0.717, 1.165) is 25.7 Å². The van der Waals surface area contributed by atoms with Gasteiger partial charge >= 0.3 is 0 Å². The quantitative estimate of drug-likeness (QED) is 0.0763. The van der Waals surface area contributed by atoms with Crippen molar-refractivity contribution in [3.05, 3.63) is 23.3 Å². The van der Waals surface area contributed by atoms with E-state index in [2.05, 4.69) is 26.0 Å². The molecule has 0 bridgehead atoms. The van der Waals surface area contributed by atoms with E-state index < -0.39 is 0 Å². The molecule has 4 heteroatoms. The van der Waals surface area contributed by atoms with E-state index in [-0.39, 0.29) is 0 Å². The third kappa shape index (κ3) is 22.3. The average molecular weight is 609 g/mol. The topological polar surface area (TPSA) is 66.0 Å². The zero-order valence-corrected chi connectivity index (χ0v) is 29.1. The first-order valence-electron chi connectivity index (χ1n) is 19.0. The molecule has 1 aromatic rings. The summed E-state index contributed by atoms with van der Waals surface area (Å²) in [4.78, 5) is 0. The summed E-state index contributed by atoms with van der Waals surface area (Å²) in [5, 5.41) is 19.0. The zero-order valence-electron chi connectivity index (χ0n) is 29.1. The Morgan fingerprint density at radius 1 is 0.386 bits per heavy atom. The van der Waals surface area contributed by atoms with Gasteiger partial charge in [-0.2, -0.15) is 10.5 Å². The maximum absolute atomic E-state index is 9.49. The first-order chi connectivity index (χ1) is 21.8. The summed E-state index contributed by atoms with van der Waals surface area (Å²) in [6.07, 6.45) is 37.2. The number of benzene rings is 1. The Hall–Kier alpha value is -2.20. The minimum absolute atomic E-state index is 0.354. The molecule has 0 radical (unpaired) electrons. The van der Waals surface area contributed by atoms with Crippen molar-refractivity contribution in [2.24, 2.45) is 0 Å². The number of ether oxygens (including phenoxy) is 2. The number of unbranched alkanes of at least 4 members (excludes halogenated alkanes) is 26. The van der Waals surface area contributed by atoms with Crippen LogP contribution < -0.4 is 9.47 Å². The molecule has 44 heavy (non-hydrogen) atoms. The van der Waals surface area contributed by atoms with Gasteiger partial charge in [0, 0.05) is 12.1 Å². The number of nitrogens with zero attached hydrogens (tertiary/aromatic N) is 2. The fourth-order valence-corrected chi connectivity index (χ4v) is 5.93. The minimum Gasteiger partial charge on any atom is -0.490 e. The summed E-state index contributed by atoms with van der Waals surface area (Å²) < 4.78 is 12.2. The van der Waals surface area contributed by atoms with E-state index in [1.165, 1.54) is 154 Å². The second-order valence-electron chi connectivity index (χ2n) is 13.0. The molecule has 0 spiro atoms. The van der Waals surface area contributed by atoms with Gasteiger partial charge in [-0.15, -0.1) is 0 Å². The highest BCUT2D eigenvalue weighted by Gasteiger charge is 2.12. The highest BCUT2D eigenvalue weighted by molar-refractivity contribution is 5.56. The molecule has 0 fully saturated rings. The molecule has 0 atom stereocenters. The standard InChI is InChI=1S/C40H68N2O2/c1-3-5-7-9-11-13-15-17-19-21-23-25-27-29-31-43-39-33-37(35-41)38(36-42)34-40(39)44-32-30-28-26-24-22-20-18-16-14-12-10-8-6-4-2/h33-34H,3-32H2,1-2H3. The summed E-state index contributed by atoms with van der Waals surface area (Å²) in [6, 6.07) is 7.63. The lowest BCUT2D eigenvalue weighted by Gasteiger charge is -2.14. The molecule has 0 aliphatic rings. The molecule has 0 N–H and O–H groups in total. The summed E-state index contributed by atoms with van der Waals surface area (Å²) in [6.45, 7) is 5.79. The van der Waals surface area contributed by atoms with Crippen LogP contribution >= 0.6 is 0 Å². The Labute approximate surface area is 273 Å². The van der Waals surface area contributed by atoms with E-state index in [0.29, 0.717) is 35.8 Å². The Balaban J connectivity index is 2.16. The maximum atomic E-state index is 9.49. The summed E-state index contributed by atoms with van der Waals surface area (Å²) in [5.74, 6) is 1.20. The van der Waals surface area contributed by atoms with Gasteiger partial charge < -0.3 is 9.47 Å². The molecule has 4 nitrogen and oxygen atoms in total. The lowest BCUT2D eigenvalue weighted by Crippen LogP contribution is -2.04. The Morgan fingerprint density at radius 3 is 0.841 bits per heavy atom. The second-order valence-corrected chi connectivity index (χ2v) is 13.0. The molecular formula is C40H68N2O2. The van der Waals surface area contributed by atoms with Gasteiger partial charge in [-0.05, 0) is 12.8 Å². The van der Waals surface area contributed by atoms with Crippen molar-refractivity contribution in [3.8, 4) is 23.6 Å². The van der Waals surface area contributed by atoms with Crippen molar-refractivity contribution < 1.29 is 9.47 Å². The molecule has 0 aromatic heterocycles. The van der Waals surface area contributed by atoms with Crippen molar-refractivity contribution >= 4 is 0 Å². The number of rotatable bonds is 32. The largest absolute Gasteiger partial charge is 0.490 e. The van der Waals surface area contributed by atoms with Crippen LogP contribution in [0.3, 0.4) is 0 Å². The third-order valence-corrected chi connectivity index (χ3v) is 8.84. The van der Waals surface area contributed by atoms with Gasteiger partial charge in [0.1, 0.15) is 12.1 Å². The number of nitriles is 2. The third-order valence-electron chi connectivity index (χ3n) is 8.84. The lowest BCUT2D eigenvalue weighted by molar-refractivity contribution is 0.258. The van der Waals surface area contributed by atoms with Gasteiger partial charge in [0.15, 0.2) is 11.5 Å². The number of hydrogen-bond donors (Lipinski definition) is 0. The van der Waals surface area contributed by atoms with Gasteiger partial charge in [0.25, 0.3) is 0 Å². The fourth-order valence-electron chi connectivity index (χ4n) is 5.93. The molecule has 0 aliphatic carbocycles. The molecule has 0 aliphatic heterocycles. The summed E-state index contributed by atoms with van der Waals surface area (Å²) >= 11 is 0. The first kappa shape index (κ1) is 39.8. The van der Waals surface area contributed by atoms with Gasteiger partial charge in [0.05, 0.1) is 24.3 Å². The first-order valence-corrected chi connectivity index (χ1v) is 19.0. The Morgan fingerprint density at radius 2 is 0.614 bits per heavy atom. The molecule has 0 amide bonds. The summed E-state index contributed by atoms with van der Waals surface area (Å²) in [5.41, 5.74) is 0.708. The molecule has 1 aromatic carbocycles. The van der Waals surface area contributed by atoms with E-state index >= 15 is 0 Å². The highest BCUT2D eigenvalue weighted by Crippen LogP contribution is 2.31. The van der Waals surface area contributed by atoms with Gasteiger partial charge in [-0.1, -0.05) is 181 Å². The Kier molecular flexibility index (Phi) is 27.9. The van der Waals surface area contributed by atoms with Crippen LogP contribution in [0.2, 0.25) is 0 Å². The smallest absolute Gasteiger partial charge is 0.162 e. The summed E-state index contributed by atoms with van der Waals surface area (Å²) in [7, 11) is 0. The predicted molar refractivity (Wildman–Crippen MR) is 187 cm³/mol. The van der Waals surface area contributed by atoms with Crippen LogP contribution in [-0.4, -0.2) is 13.2 Å². The SMILES string of the molecule is CCCCCCCCCCCCCCCCOc1cc(C#N)c(C#N)cc1OCCCCCCCCCCCCCCCC. The zero-order chi connectivity index (χ0) is 31.8. The monoisotopic (exact) mass is 609 g/mol. The van der Waals surface area contributed by atoms with Gasteiger partial charge in [0.2, 0.25) is 0 Å². The van der Waals surface area contributed by atoms with Crippen molar-refractivity contribution in [1.29, 1.82) is 10.5 Å². The van der Waals surface area contributed by atoms with Gasteiger partial charge in [-0.25, -0.2) is 0 Å². The highest BCUT2D eigenvalue weighted by atomic mass is 16.5. The van der Waals surface area contributed by atoms with Crippen LogP contribution in [-0.2, 0) is 0 Å². The van der Waals surface area contributed by atoms with Crippen LogP contribution in [0.5, 0.6) is 11.5 Å². The van der Waals surface area contributed by atoms with Crippen LogP contribution in [0.4, 0.5) is 0 Å². The van der Waals surface area contributed by atoms with E-state index in [9.17, 15) is 10.5 Å². The molecule has 0 heterocycles. The van der Waals surface area contributed by atoms with Crippen molar-refractivity contribution in [2.75, 3.05) is 13.2 Å². The normalized spacial score (nSPS) is 10.9. The molecule has 250 valence electrons. The van der Waals surface area contributed by atoms with Crippen LogP contribution in [0.25, 0.3) is 0 Å². The van der Waals surface area contributed by atoms with E-state index in [1.54, 1.807) is 12.1 Å². The predicted octanol–water partition coefficient (Wildman–Crippen LogP) is 13.2. The van der Waals surface area contributed by atoms with Crippen molar-refractivity contribution in [1.82, 2.24) is 0 Å². The van der Waals surface area contributed by atoms with Crippen LogP contribution in [0, 0.1) is 22.7 Å². The van der Waals surface area contributed by atoms with Crippen molar-refractivity contribution in [3.63, 3.8) is 0 Å². The van der Waals surface area contributed by atoms with E-state index in [4.69, 9.17) is 9.47 Å². The molecule has 0 saturated heterocycles. The molecule has 0 unspecified atom stereocenters. The second kappa shape index (κ2) is 30.8. The Bertz CT molecular complexity index is 798. The lowest BCUT2D eigenvalue weighted by atomic mass is 10.0. The molecule has 1 rings (SSSR count). The maximum Gasteiger partial charge on any atom is 0.162 e. The molecular weight excluding hydrogens is 540 g/mol. The average Bonchev–Trinajstić information content (AvgIpc) is 3.04. The fraction of sp³-hybridized carbons (Fsp3) is 0.800. The van der Waals surface area contributed by atoms with E-state index in [1.807, 2.05) is 0 Å². The van der Waals surface area contributed by atoms with Crippen LogP contribution in [0.1, 0.15) is 205 Å². The minimum atomic E-state index is 0.354.